The Hall–Kier alpha value is 0.160. The van der Waals surface area contributed by atoms with Gasteiger partial charge < -0.3 is 4.74 Å². The molecular weight excluding hydrogens is 238 g/mol. The molecule has 0 fully saturated rings. The zero-order chi connectivity index (χ0) is 11.9. The predicted molar refractivity (Wildman–Crippen MR) is 62.8 cm³/mol. The fourth-order valence-corrected chi connectivity index (χ4v) is 2.08. The van der Waals surface area contributed by atoms with Gasteiger partial charge in [-0.1, -0.05) is 0 Å². The van der Waals surface area contributed by atoms with E-state index in [-0.39, 0.29) is 17.7 Å². The van der Waals surface area contributed by atoms with Crippen LogP contribution in [-0.2, 0) is 14.8 Å². The first-order valence-corrected chi connectivity index (χ1v) is 7.10. The fraction of sp³-hybridized carbons (Fsp3) is 1.00. The van der Waals surface area contributed by atoms with E-state index in [9.17, 15) is 8.42 Å². The average Bonchev–Trinajstić information content (AvgIpc) is 2.14. The molecule has 0 heterocycles. The maximum Gasteiger partial charge on any atom is 0.216 e. The number of hydrogen-bond acceptors (Lipinski definition) is 3. The topological polar surface area (TPSA) is 46.6 Å². The van der Waals surface area contributed by atoms with Crippen molar-refractivity contribution >= 4 is 21.6 Å². The second-order valence-electron chi connectivity index (χ2n) is 3.40. The Kier molecular flexibility index (Phi) is 7.52. The summed E-state index contributed by atoms with van der Waals surface area (Å²) in [4.78, 5) is 0. The summed E-state index contributed by atoms with van der Waals surface area (Å²) in [6.45, 7) is 4.93. The molecule has 92 valence electrons. The van der Waals surface area contributed by atoms with Crippen LogP contribution in [0.1, 0.15) is 20.3 Å². The first-order chi connectivity index (χ1) is 6.90. The molecule has 1 atom stereocenters. The number of sulfonamides is 1. The lowest BCUT2D eigenvalue weighted by Crippen LogP contribution is -2.32. The molecule has 4 nitrogen and oxygen atoms in total. The number of rotatable bonds is 8. The first kappa shape index (κ1) is 15.2. The maximum atomic E-state index is 11.6. The molecule has 0 aromatic carbocycles. The molecule has 0 aliphatic rings. The molecule has 0 aliphatic carbocycles. The average molecular weight is 258 g/mol. The van der Waals surface area contributed by atoms with Gasteiger partial charge in [0.15, 0.2) is 0 Å². The molecule has 0 saturated carbocycles. The standard InChI is InChI=1S/C9H20ClNO3S/c1-4-14-7-8-15(12,13)11(3)6-5-9(2)10/h9H,4-8H2,1-3H3. The molecule has 0 aromatic rings. The van der Waals surface area contributed by atoms with E-state index in [1.54, 1.807) is 7.05 Å². The summed E-state index contributed by atoms with van der Waals surface area (Å²) in [6.07, 6.45) is 0.659. The summed E-state index contributed by atoms with van der Waals surface area (Å²) >= 11 is 5.75. The summed E-state index contributed by atoms with van der Waals surface area (Å²) in [5.74, 6) is 0.0357. The van der Waals surface area contributed by atoms with Gasteiger partial charge in [0, 0.05) is 25.6 Å². The van der Waals surface area contributed by atoms with Gasteiger partial charge >= 0.3 is 0 Å². The molecule has 0 aliphatic heterocycles. The molecular formula is C9H20ClNO3S. The van der Waals surface area contributed by atoms with Crippen molar-refractivity contribution in [1.82, 2.24) is 4.31 Å². The third-order valence-electron chi connectivity index (χ3n) is 2.01. The van der Waals surface area contributed by atoms with Crippen LogP contribution in [0.5, 0.6) is 0 Å². The molecule has 0 rings (SSSR count). The molecule has 0 N–H and O–H groups in total. The van der Waals surface area contributed by atoms with E-state index in [0.717, 1.165) is 0 Å². The van der Waals surface area contributed by atoms with Crippen molar-refractivity contribution in [2.24, 2.45) is 0 Å². The van der Waals surface area contributed by atoms with Crippen LogP contribution >= 0.6 is 11.6 Å². The summed E-state index contributed by atoms with van der Waals surface area (Å²) < 4.78 is 29.6. The Balaban J connectivity index is 3.97. The minimum Gasteiger partial charge on any atom is -0.381 e. The van der Waals surface area contributed by atoms with E-state index in [0.29, 0.717) is 19.6 Å². The van der Waals surface area contributed by atoms with E-state index < -0.39 is 10.0 Å². The lowest BCUT2D eigenvalue weighted by molar-refractivity contribution is 0.162. The van der Waals surface area contributed by atoms with Gasteiger partial charge in [0.1, 0.15) is 0 Å². The molecule has 0 amide bonds. The van der Waals surface area contributed by atoms with Crippen LogP contribution in [0.2, 0.25) is 0 Å². The second-order valence-corrected chi connectivity index (χ2v) is 6.34. The highest BCUT2D eigenvalue weighted by molar-refractivity contribution is 7.89. The van der Waals surface area contributed by atoms with E-state index in [4.69, 9.17) is 16.3 Å². The minimum absolute atomic E-state index is 0.00505. The van der Waals surface area contributed by atoms with Gasteiger partial charge in [0.05, 0.1) is 12.4 Å². The third-order valence-corrected chi connectivity index (χ3v) is 4.04. The molecule has 0 saturated heterocycles. The summed E-state index contributed by atoms with van der Waals surface area (Å²) in [7, 11) is -1.61. The van der Waals surface area contributed by atoms with Crippen molar-refractivity contribution in [1.29, 1.82) is 0 Å². The largest absolute Gasteiger partial charge is 0.381 e. The Morgan fingerprint density at radius 2 is 2.07 bits per heavy atom. The number of alkyl halides is 1. The molecule has 6 heteroatoms. The van der Waals surface area contributed by atoms with Crippen LogP contribution in [0.3, 0.4) is 0 Å². The van der Waals surface area contributed by atoms with Crippen LogP contribution in [0.4, 0.5) is 0 Å². The highest BCUT2D eigenvalue weighted by Gasteiger charge is 2.17. The maximum absolute atomic E-state index is 11.6. The van der Waals surface area contributed by atoms with E-state index in [1.807, 2.05) is 13.8 Å². The SMILES string of the molecule is CCOCCS(=O)(=O)N(C)CCC(C)Cl. The van der Waals surface area contributed by atoms with Crippen molar-refractivity contribution in [2.75, 3.05) is 32.6 Å². The smallest absolute Gasteiger partial charge is 0.216 e. The van der Waals surface area contributed by atoms with Gasteiger partial charge in [0.25, 0.3) is 0 Å². The van der Waals surface area contributed by atoms with Gasteiger partial charge in [-0.05, 0) is 20.3 Å². The Morgan fingerprint density at radius 3 is 2.53 bits per heavy atom. The summed E-state index contributed by atoms with van der Waals surface area (Å²) in [5.41, 5.74) is 0. The van der Waals surface area contributed by atoms with Crippen LogP contribution in [0.15, 0.2) is 0 Å². The van der Waals surface area contributed by atoms with E-state index in [2.05, 4.69) is 0 Å². The molecule has 1 unspecified atom stereocenters. The van der Waals surface area contributed by atoms with Gasteiger partial charge in [-0.25, -0.2) is 12.7 Å². The van der Waals surface area contributed by atoms with Crippen molar-refractivity contribution in [3.63, 3.8) is 0 Å². The van der Waals surface area contributed by atoms with Gasteiger partial charge in [-0.2, -0.15) is 0 Å². The number of halogens is 1. The van der Waals surface area contributed by atoms with Gasteiger partial charge in [-0.15, -0.1) is 11.6 Å². The van der Waals surface area contributed by atoms with Crippen LogP contribution in [0.25, 0.3) is 0 Å². The van der Waals surface area contributed by atoms with Gasteiger partial charge in [-0.3, -0.25) is 0 Å². The van der Waals surface area contributed by atoms with Crippen molar-refractivity contribution in [3.8, 4) is 0 Å². The Morgan fingerprint density at radius 1 is 1.47 bits per heavy atom. The van der Waals surface area contributed by atoms with Crippen LogP contribution < -0.4 is 0 Å². The molecule has 0 aromatic heterocycles. The zero-order valence-corrected chi connectivity index (χ0v) is 11.1. The quantitative estimate of drug-likeness (QED) is 0.487. The van der Waals surface area contributed by atoms with Crippen molar-refractivity contribution in [3.05, 3.63) is 0 Å². The monoisotopic (exact) mass is 257 g/mol. The highest BCUT2D eigenvalue weighted by Crippen LogP contribution is 2.05. The lowest BCUT2D eigenvalue weighted by atomic mass is 10.3. The summed E-state index contributed by atoms with van der Waals surface area (Å²) in [6, 6.07) is 0. The van der Waals surface area contributed by atoms with Crippen LogP contribution in [0, 0.1) is 0 Å². The minimum atomic E-state index is -3.18. The molecule has 15 heavy (non-hydrogen) atoms. The second kappa shape index (κ2) is 7.44. The van der Waals surface area contributed by atoms with Crippen LogP contribution in [-0.4, -0.2) is 50.7 Å². The molecule has 0 radical (unpaired) electrons. The number of nitrogens with zero attached hydrogens (tertiary/aromatic N) is 1. The highest BCUT2D eigenvalue weighted by atomic mass is 35.5. The van der Waals surface area contributed by atoms with E-state index in [1.165, 1.54) is 4.31 Å². The molecule has 0 spiro atoms. The first-order valence-electron chi connectivity index (χ1n) is 5.06. The Labute approximate surface area is 97.6 Å². The Bertz CT molecular complexity index is 254. The van der Waals surface area contributed by atoms with Crippen molar-refractivity contribution < 1.29 is 13.2 Å². The van der Waals surface area contributed by atoms with E-state index >= 15 is 0 Å². The third kappa shape index (κ3) is 7.11. The van der Waals surface area contributed by atoms with Gasteiger partial charge in [0.2, 0.25) is 10.0 Å². The normalized spacial score (nSPS) is 14.5. The zero-order valence-electron chi connectivity index (χ0n) is 9.57. The van der Waals surface area contributed by atoms with Crippen molar-refractivity contribution in [2.45, 2.75) is 25.6 Å². The fourth-order valence-electron chi connectivity index (χ4n) is 0.963. The number of hydrogen-bond donors (Lipinski definition) is 0. The summed E-state index contributed by atoms with van der Waals surface area (Å²) in [5, 5.41) is -0.00505. The molecule has 0 bridgehead atoms. The lowest BCUT2D eigenvalue weighted by Gasteiger charge is -2.17. The number of ether oxygens (including phenoxy) is 1. The predicted octanol–water partition coefficient (Wildman–Crippen LogP) is 1.30.